The minimum Gasteiger partial charge on any atom is -0.378 e. The second-order valence-electron chi connectivity index (χ2n) is 4.22. The van der Waals surface area contributed by atoms with E-state index < -0.39 is 0 Å². The lowest BCUT2D eigenvalue weighted by molar-refractivity contribution is 0.105. The van der Waals surface area contributed by atoms with Crippen LogP contribution in [0.25, 0.3) is 0 Å². The average Bonchev–Trinajstić information content (AvgIpc) is 2.68. The van der Waals surface area contributed by atoms with Gasteiger partial charge < -0.3 is 10.1 Å². The molecule has 0 amide bonds. The van der Waals surface area contributed by atoms with Crippen LogP contribution in [0.4, 0.5) is 0 Å². The minimum atomic E-state index is 0.394. The van der Waals surface area contributed by atoms with Crippen LogP contribution in [0.2, 0.25) is 0 Å². The molecule has 1 aromatic heterocycles. The zero-order chi connectivity index (χ0) is 11.4. The van der Waals surface area contributed by atoms with Crippen LogP contribution < -0.4 is 5.32 Å². The van der Waals surface area contributed by atoms with Crippen molar-refractivity contribution >= 4 is 15.9 Å². The Hall–Kier alpha value is -0.450. The molecule has 0 saturated carbocycles. The fourth-order valence-corrected chi connectivity index (χ4v) is 2.18. The summed E-state index contributed by atoms with van der Waals surface area (Å²) in [5.74, 6) is 0.649. The van der Waals surface area contributed by atoms with E-state index in [-0.39, 0.29) is 0 Å². The van der Waals surface area contributed by atoms with Gasteiger partial charge in [-0.05, 0) is 47.3 Å². The maximum Gasteiger partial charge on any atom is 0.0588 e. The summed E-state index contributed by atoms with van der Waals surface area (Å²) in [5.41, 5.74) is 1.08. The Morgan fingerprint density at radius 2 is 2.44 bits per heavy atom. The summed E-state index contributed by atoms with van der Waals surface area (Å²) in [6.07, 6.45) is 3.39. The van der Waals surface area contributed by atoms with Gasteiger partial charge in [0.2, 0.25) is 0 Å². The Balaban J connectivity index is 1.73. The third kappa shape index (κ3) is 3.27. The van der Waals surface area contributed by atoms with Gasteiger partial charge in [0.1, 0.15) is 0 Å². The van der Waals surface area contributed by atoms with Gasteiger partial charge in [-0.2, -0.15) is 0 Å². The average molecular weight is 285 g/mol. The number of halogens is 1. The maximum atomic E-state index is 5.52. The fourth-order valence-electron chi connectivity index (χ4n) is 1.94. The number of ether oxygens (including phenoxy) is 1. The first-order valence-electron chi connectivity index (χ1n) is 5.68. The van der Waals surface area contributed by atoms with E-state index in [0.29, 0.717) is 12.0 Å². The van der Waals surface area contributed by atoms with Crippen LogP contribution in [0.3, 0.4) is 0 Å². The molecule has 2 heterocycles. The summed E-state index contributed by atoms with van der Waals surface area (Å²) in [6.45, 7) is 4.90. The molecule has 0 aliphatic carbocycles. The SMILES string of the molecule is CC1OCCC1CNCc1ccc(Br)cn1. The molecule has 0 bridgehead atoms. The first kappa shape index (κ1) is 12.0. The Kier molecular flexibility index (Phi) is 4.32. The molecular weight excluding hydrogens is 268 g/mol. The molecule has 0 radical (unpaired) electrons. The molecule has 2 unspecified atom stereocenters. The van der Waals surface area contributed by atoms with Crippen molar-refractivity contribution in [3.63, 3.8) is 0 Å². The lowest BCUT2D eigenvalue weighted by Crippen LogP contribution is -2.26. The topological polar surface area (TPSA) is 34.1 Å². The van der Waals surface area contributed by atoms with E-state index in [0.717, 1.165) is 29.9 Å². The van der Waals surface area contributed by atoms with Crippen LogP contribution >= 0.6 is 15.9 Å². The number of nitrogens with one attached hydrogen (secondary N) is 1. The van der Waals surface area contributed by atoms with E-state index in [4.69, 9.17) is 4.74 Å². The Bertz CT molecular complexity index is 328. The van der Waals surface area contributed by atoms with Gasteiger partial charge in [-0.15, -0.1) is 0 Å². The van der Waals surface area contributed by atoms with Gasteiger partial charge in [-0.3, -0.25) is 4.98 Å². The standard InChI is InChI=1S/C12H17BrN2O/c1-9-10(4-5-16-9)6-14-8-12-3-2-11(13)7-15-12/h2-3,7,9-10,14H,4-6,8H2,1H3. The number of hydrogen-bond donors (Lipinski definition) is 1. The molecule has 2 rings (SSSR count). The van der Waals surface area contributed by atoms with Crippen molar-refractivity contribution in [2.45, 2.75) is 26.0 Å². The summed E-state index contributed by atoms with van der Waals surface area (Å²) in [7, 11) is 0. The molecule has 1 fully saturated rings. The molecular formula is C12H17BrN2O. The van der Waals surface area contributed by atoms with Gasteiger partial charge in [-0.25, -0.2) is 0 Å². The molecule has 1 N–H and O–H groups in total. The van der Waals surface area contributed by atoms with Crippen LogP contribution in [-0.2, 0) is 11.3 Å². The Morgan fingerprint density at radius 3 is 3.06 bits per heavy atom. The van der Waals surface area contributed by atoms with E-state index in [1.165, 1.54) is 6.42 Å². The predicted molar refractivity (Wildman–Crippen MR) is 67.2 cm³/mol. The van der Waals surface area contributed by atoms with E-state index in [1.807, 2.05) is 18.3 Å². The van der Waals surface area contributed by atoms with Gasteiger partial charge >= 0.3 is 0 Å². The molecule has 1 saturated heterocycles. The molecule has 2 atom stereocenters. The number of hydrogen-bond acceptors (Lipinski definition) is 3. The second-order valence-corrected chi connectivity index (χ2v) is 5.14. The van der Waals surface area contributed by atoms with Gasteiger partial charge in [0, 0.05) is 30.4 Å². The molecule has 4 heteroatoms. The molecule has 1 aliphatic heterocycles. The highest BCUT2D eigenvalue weighted by Gasteiger charge is 2.23. The maximum absolute atomic E-state index is 5.52. The van der Waals surface area contributed by atoms with Crippen molar-refractivity contribution < 1.29 is 4.74 Å². The normalized spacial score (nSPS) is 24.9. The van der Waals surface area contributed by atoms with Crippen molar-refractivity contribution in [2.75, 3.05) is 13.2 Å². The quantitative estimate of drug-likeness (QED) is 0.922. The highest BCUT2D eigenvalue weighted by molar-refractivity contribution is 9.10. The monoisotopic (exact) mass is 284 g/mol. The molecule has 3 nitrogen and oxygen atoms in total. The Labute approximate surface area is 105 Å². The first-order chi connectivity index (χ1) is 7.75. The molecule has 0 aromatic carbocycles. The van der Waals surface area contributed by atoms with E-state index >= 15 is 0 Å². The summed E-state index contributed by atoms with van der Waals surface area (Å²) in [6, 6.07) is 4.05. The van der Waals surface area contributed by atoms with Crippen LogP contribution in [0.15, 0.2) is 22.8 Å². The summed E-state index contributed by atoms with van der Waals surface area (Å²) < 4.78 is 6.54. The van der Waals surface area contributed by atoms with Crippen LogP contribution in [-0.4, -0.2) is 24.2 Å². The smallest absolute Gasteiger partial charge is 0.0588 e. The molecule has 1 aliphatic rings. The van der Waals surface area contributed by atoms with Crippen molar-refractivity contribution in [1.82, 2.24) is 10.3 Å². The third-order valence-corrected chi connectivity index (χ3v) is 3.50. The van der Waals surface area contributed by atoms with Crippen molar-refractivity contribution in [2.24, 2.45) is 5.92 Å². The molecule has 1 aromatic rings. The largest absolute Gasteiger partial charge is 0.378 e. The summed E-state index contributed by atoms with van der Waals surface area (Å²) in [4.78, 5) is 4.32. The van der Waals surface area contributed by atoms with E-state index in [2.05, 4.69) is 33.2 Å². The number of nitrogens with zero attached hydrogens (tertiary/aromatic N) is 1. The summed E-state index contributed by atoms with van der Waals surface area (Å²) >= 11 is 3.38. The molecule has 16 heavy (non-hydrogen) atoms. The van der Waals surface area contributed by atoms with Gasteiger partial charge in [0.05, 0.1) is 11.8 Å². The molecule has 88 valence electrons. The van der Waals surface area contributed by atoms with Crippen molar-refractivity contribution in [1.29, 1.82) is 0 Å². The lowest BCUT2D eigenvalue weighted by atomic mass is 10.0. The summed E-state index contributed by atoms with van der Waals surface area (Å²) in [5, 5.41) is 3.44. The lowest BCUT2D eigenvalue weighted by Gasteiger charge is -2.14. The zero-order valence-electron chi connectivity index (χ0n) is 9.45. The van der Waals surface area contributed by atoms with E-state index in [1.54, 1.807) is 0 Å². The van der Waals surface area contributed by atoms with Gasteiger partial charge in [0.25, 0.3) is 0 Å². The van der Waals surface area contributed by atoms with Crippen LogP contribution in [0.1, 0.15) is 19.0 Å². The highest BCUT2D eigenvalue weighted by atomic mass is 79.9. The van der Waals surface area contributed by atoms with Gasteiger partial charge in [0.15, 0.2) is 0 Å². The Morgan fingerprint density at radius 1 is 1.56 bits per heavy atom. The minimum absolute atomic E-state index is 0.394. The van der Waals surface area contributed by atoms with Gasteiger partial charge in [-0.1, -0.05) is 0 Å². The van der Waals surface area contributed by atoms with Crippen LogP contribution in [0.5, 0.6) is 0 Å². The number of aromatic nitrogens is 1. The third-order valence-electron chi connectivity index (χ3n) is 3.03. The van der Waals surface area contributed by atoms with Crippen LogP contribution in [0, 0.1) is 5.92 Å². The predicted octanol–water partition coefficient (Wildman–Crippen LogP) is 2.36. The zero-order valence-corrected chi connectivity index (χ0v) is 11.0. The number of rotatable bonds is 4. The second kappa shape index (κ2) is 5.75. The van der Waals surface area contributed by atoms with E-state index in [9.17, 15) is 0 Å². The highest BCUT2D eigenvalue weighted by Crippen LogP contribution is 2.19. The fraction of sp³-hybridized carbons (Fsp3) is 0.583. The van der Waals surface area contributed by atoms with Crippen molar-refractivity contribution in [3.05, 3.63) is 28.5 Å². The first-order valence-corrected chi connectivity index (χ1v) is 6.48. The molecule has 0 spiro atoms. The number of pyridine rings is 1. The van der Waals surface area contributed by atoms with Crippen molar-refractivity contribution in [3.8, 4) is 0 Å².